The van der Waals surface area contributed by atoms with Crippen LogP contribution >= 0.6 is 11.3 Å². The topological polar surface area (TPSA) is 127 Å². The van der Waals surface area contributed by atoms with Gasteiger partial charge in [0.1, 0.15) is 16.9 Å². The van der Waals surface area contributed by atoms with E-state index < -0.39 is 18.2 Å². The Labute approximate surface area is 196 Å². The van der Waals surface area contributed by atoms with Crippen molar-refractivity contribution in [3.8, 4) is 10.6 Å². The molecule has 0 spiro atoms. The number of rotatable bonds is 6. The number of benzene rings is 1. The molecular weight excluding hydrogens is 440 g/mol. The number of nitrogens with zero attached hydrogens (tertiary/aromatic N) is 4. The number of aliphatic hydroxyl groups excluding tert-OH is 3. The number of aliphatic hydroxyl groups is 3. The Balaban J connectivity index is 1.47. The summed E-state index contributed by atoms with van der Waals surface area (Å²) in [6.45, 7) is 1.85. The standard InChI is InChI=1S/C23H30N6O3S/c1-29-8-4-5-14(11-29)25-23-24-10-15(22-27-16-6-2-3-7-18(16)33-22)21(28-23)26-17-9-13(12-30)19(31)20(17)32/h2-3,6-7,10,13-14,17,19-20,30-32H,4-5,8-9,11-12H2,1H3,(H2,24,25,26,28)/t13-,14+,17-,19-,20+/m1/s1. The summed E-state index contributed by atoms with van der Waals surface area (Å²) in [5.74, 6) is 0.709. The Morgan fingerprint density at radius 1 is 1.15 bits per heavy atom. The third-order valence-electron chi connectivity index (χ3n) is 6.63. The molecule has 2 fully saturated rings. The molecule has 1 aliphatic heterocycles. The summed E-state index contributed by atoms with van der Waals surface area (Å²) in [4.78, 5) is 16.4. The minimum atomic E-state index is -0.997. The predicted molar refractivity (Wildman–Crippen MR) is 129 cm³/mol. The lowest BCUT2D eigenvalue weighted by Crippen LogP contribution is -2.40. The third-order valence-corrected chi connectivity index (χ3v) is 7.70. The van der Waals surface area contributed by atoms with Crippen molar-refractivity contribution in [2.75, 3.05) is 37.4 Å². The maximum atomic E-state index is 10.6. The molecule has 0 radical (unpaired) electrons. The lowest BCUT2D eigenvalue weighted by atomic mass is 10.1. The zero-order chi connectivity index (χ0) is 22.9. The summed E-state index contributed by atoms with van der Waals surface area (Å²) >= 11 is 1.56. The molecule has 2 aliphatic rings. The van der Waals surface area contributed by atoms with Gasteiger partial charge in [0, 0.05) is 31.3 Å². The van der Waals surface area contributed by atoms with Crippen LogP contribution in [0.5, 0.6) is 0 Å². The molecule has 1 saturated heterocycles. The number of thiazole rings is 1. The highest BCUT2D eigenvalue weighted by atomic mass is 32.1. The second-order valence-corrected chi connectivity index (χ2v) is 10.1. The molecule has 1 aliphatic carbocycles. The summed E-state index contributed by atoms with van der Waals surface area (Å²) in [6, 6.07) is 7.78. The van der Waals surface area contributed by atoms with E-state index in [2.05, 4.69) is 27.6 Å². The number of piperidine rings is 1. The van der Waals surface area contributed by atoms with Crippen molar-refractivity contribution >= 4 is 33.3 Å². The minimum Gasteiger partial charge on any atom is -0.396 e. The largest absolute Gasteiger partial charge is 0.396 e. The van der Waals surface area contributed by atoms with E-state index in [1.54, 1.807) is 17.5 Å². The van der Waals surface area contributed by atoms with Gasteiger partial charge in [-0.05, 0) is 45.0 Å². The first-order chi connectivity index (χ1) is 16.0. The van der Waals surface area contributed by atoms with Gasteiger partial charge in [-0.1, -0.05) is 12.1 Å². The van der Waals surface area contributed by atoms with E-state index in [-0.39, 0.29) is 18.6 Å². The van der Waals surface area contributed by atoms with E-state index >= 15 is 0 Å². The molecule has 5 atom stereocenters. The quantitative estimate of drug-likeness (QED) is 0.366. The van der Waals surface area contributed by atoms with Gasteiger partial charge < -0.3 is 30.9 Å². The SMILES string of the molecule is CN1CCC[C@H](Nc2ncc(-c3nc4ccccc4s3)c(N[C@@H]3C[C@H](CO)[C@@H](O)[C@H]3O)n2)C1. The van der Waals surface area contributed by atoms with Crippen LogP contribution < -0.4 is 10.6 Å². The molecule has 3 heterocycles. The van der Waals surface area contributed by atoms with E-state index in [1.807, 2.05) is 24.3 Å². The molecule has 0 unspecified atom stereocenters. The highest BCUT2D eigenvalue weighted by molar-refractivity contribution is 7.21. The molecule has 33 heavy (non-hydrogen) atoms. The Kier molecular flexibility index (Phi) is 6.44. The van der Waals surface area contributed by atoms with Crippen LogP contribution in [0.4, 0.5) is 11.8 Å². The van der Waals surface area contributed by atoms with Crippen molar-refractivity contribution in [1.82, 2.24) is 19.9 Å². The number of nitrogens with one attached hydrogen (secondary N) is 2. The summed E-state index contributed by atoms with van der Waals surface area (Å²) in [5.41, 5.74) is 1.66. The molecule has 10 heteroatoms. The number of likely N-dealkylation sites (tertiary alicyclic amines) is 1. The Bertz CT molecular complexity index is 1080. The van der Waals surface area contributed by atoms with Crippen LogP contribution in [0.1, 0.15) is 19.3 Å². The normalized spacial score (nSPS) is 28.3. The van der Waals surface area contributed by atoms with Crippen molar-refractivity contribution in [2.24, 2.45) is 5.92 Å². The summed E-state index contributed by atoms with van der Waals surface area (Å²) in [6.07, 6.45) is 2.42. The molecule has 3 aromatic rings. The van der Waals surface area contributed by atoms with Crippen LogP contribution in [-0.2, 0) is 0 Å². The van der Waals surface area contributed by atoms with Crippen molar-refractivity contribution < 1.29 is 15.3 Å². The lowest BCUT2D eigenvalue weighted by molar-refractivity contribution is 0.00446. The molecule has 5 N–H and O–H groups in total. The van der Waals surface area contributed by atoms with Gasteiger partial charge in [-0.25, -0.2) is 9.97 Å². The Hall–Kier alpha value is -2.37. The molecule has 9 nitrogen and oxygen atoms in total. The van der Waals surface area contributed by atoms with Crippen LogP contribution in [-0.4, -0.2) is 86.2 Å². The third kappa shape index (κ3) is 4.67. The molecule has 2 aromatic heterocycles. The lowest BCUT2D eigenvalue weighted by Gasteiger charge is -2.30. The average Bonchev–Trinajstić information content (AvgIpc) is 3.35. The van der Waals surface area contributed by atoms with Crippen LogP contribution in [0.3, 0.4) is 0 Å². The van der Waals surface area contributed by atoms with Crippen LogP contribution in [0.15, 0.2) is 30.5 Å². The van der Waals surface area contributed by atoms with Gasteiger partial charge in [-0.2, -0.15) is 4.98 Å². The zero-order valence-corrected chi connectivity index (χ0v) is 19.4. The number of para-hydroxylation sites is 1. The number of hydrogen-bond acceptors (Lipinski definition) is 10. The van der Waals surface area contributed by atoms with Crippen molar-refractivity contribution in [2.45, 2.75) is 43.6 Å². The van der Waals surface area contributed by atoms with E-state index in [0.29, 0.717) is 18.2 Å². The van der Waals surface area contributed by atoms with Gasteiger partial charge in [0.05, 0.1) is 27.9 Å². The van der Waals surface area contributed by atoms with Crippen LogP contribution in [0.2, 0.25) is 0 Å². The number of aromatic nitrogens is 3. The molecule has 176 valence electrons. The van der Waals surface area contributed by atoms with E-state index in [0.717, 1.165) is 46.7 Å². The fraction of sp³-hybridized carbons (Fsp3) is 0.522. The molecule has 1 saturated carbocycles. The fourth-order valence-corrected chi connectivity index (χ4v) is 5.77. The van der Waals surface area contributed by atoms with Gasteiger partial charge in [-0.3, -0.25) is 0 Å². The highest BCUT2D eigenvalue weighted by Gasteiger charge is 2.41. The second-order valence-electron chi connectivity index (χ2n) is 9.10. The maximum Gasteiger partial charge on any atom is 0.224 e. The molecular formula is C23H30N6O3S. The van der Waals surface area contributed by atoms with Gasteiger partial charge in [0.25, 0.3) is 0 Å². The molecule has 0 amide bonds. The van der Waals surface area contributed by atoms with Crippen molar-refractivity contribution in [3.63, 3.8) is 0 Å². The first-order valence-electron chi connectivity index (χ1n) is 11.4. The van der Waals surface area contributed by atoms with Crippen LogP contribution in [0, 0.1) is 5.92 Å². The smallest absolute Gasteiger partial charge is 0.224 e. The Morgan fingerprint density at radius 2 is 2.00 bits per heavy atom. The fourth-order valence-electron chi connectivity index (χ4n) is 4.80. The van der Waals surface area contributed by atoms with E-state index in [4.69, 9.17) is 9.97 Å². The highest BCUT2D eigenvalue weighted by Crippen LogP contribution is 2.36. The van der Waals surface area contributed by atoms with Gasteiger partial charge in [0.2, 0.25) is 5.95 Å². The zero-order valence-electron chi connectivity index (χ0n) is 18.6. The van der Waals surface area contributed by atoms with E-state index in [1.165, 1.54) is 0 Å². The first kappa shape index (κ1) is 22.4. The van der Waals surface area contributed by atoms with Gasteiger partial charge in [0.15, 0.2) is 0 Å². The van der Waals surface area contributed by atoms with Gasteiger partial charge in [-0.15, -0.1) is 11.3 Å². The molecule has 5 rings (SSSR count). The maximum absolute atomic E-state index is 10.6. The Morgan fingerprint density at radius 3 is 2.76 bits per heavy atom. The number of hydrogen-bond donors (Lipinski definition) is 5. The average molecular weight is 471 g/mol. The molecule has 1 aromatic carbocycles. The molecule has 0 bridgehead atoms. The summed E-state index contributed by atoms with van der Waals surface area (Å²) in [7, 11) is 2.11. The summed E-state index contributed by atoms with van der Waals surface area (Å²) < 4.78 is 1.07. The first-order valence-corrected chi connectivity index (χ1v) is 12.2. The number of fused-ring (bicyclic) bond motifs is 1. The predicted octanol–water partition coefficient (Wildman–Crippen LogP) is 1.77. The van der Waals surface area contributed by atoms with Gasteiger partial charge >= 0.3 is 0 Å². The van der Waals surface area contributed by atoms with Crippen molar-refractivity contribution in [1.29, 1.82) is 0 Å². The number of likely N-dealkylation sites (N-methyl/N-ethyl adjacent to an activating group) is 1. The number of anilines is 2. The van der Waals surface area contributed by atoms with Crippen LogP contribution in [0.25, 0.3) is 20.8 Å². The summed E-state index contributed by atoms with van der Waals surface area (Å²) in [5, 5.41) is 37.9. The van der Waals surface area contributed by atoms with Crippen molar-refractivity contribution in [3.05, 3.63) is 30.5 Å². The minimum absolute atomic E-state index is 0.174. The second kappa shape index (κ2) is 9.47. The van der Waals surface area contributed by atoms with E-state index in [9.17, 15) is 15.3 Å². The monoisotopic (exact) mass is 470 g/mol.